The molecular formula is C8H9N3. The zero-order chi connectivity index (χ0) is 7.84. The number of nitrogens with zero attached hydrogens (tertiary/aromatic N) is 3. The molecule has 1 aliphatic carbocycles. The first-order valence-corrected chi connectivity index (χ1v) is 3.68. The van der Waals surface area contributed by atoms with Gasteiger partial charge in [-0.2, -0.15) is 5.26 Å². The van der Waals surface area contributed by atoms with E-state index in [1.165, 1.54) is 0 Å². The van der Waals surface area contributed by atoms with E-state index in [0.717, 1.165) is 12.1 Å². The highest BCUT2D eigenvalue weighted by Gasteiger charge is 2.39. The van der Waals surface area contributed by atoms with Crippen LogP contribution < -0.4 is 0 Å². The van der Waals surface area contributed by atoms with Crippen LogP contribution in [0.25, 0.3) is 0 Å². The maximum absolute atomic E-state index is 8.56. The molecule has 0 saturated heterocycles. The van der Waals surface area contributed by atoms with Gasteiger partial charge in [0.2, 0.25) is 0 Å². The summed E-state index contributed by atoms with van der Waals surface area (Å²) in [5, 5.41) is 8.56. The Morgan fingerprint density at radius 1 is 1.82 bits per heavy atom. The van der Waals surface area contributed by atoms with Gasteiger partial charge in [0.1, 0.15) is 0 Å². The Hall–Kier alpha value is -1.30. The Balaban J connectivity index is 2.16. The standard InChI is InChI=1S/C8H9N3/c1-11-4-8(10-5-11)7-2-6(7)3-9/h4-7H,2H2,1H3. The van der Waals surface area contributed by atoms with Gasteiger partial charge in [-0.1, -0.05) is 0 Å². The van der Waals surface area contributed by atoms with Crippen molar-refractivity contribution in [3.05, 3.63) is 18.2 Å². The van der Waals surface area contributed by atoms with Crippen LogP contribution in [0.4, 0.5) is 0 Å². The average molecular weight is 147 g/mol. The summed E-state index contributed by atoms with van der Waals surface area (Å²) < 4.78 is 1.92. The molecule has 1 aliphatic rings. The van der Waals surface area contributed by atoms with Crippen molar-refractivity contribution < 1.29 is 0 Å². The predicted molar refractivity (Wildman–Crippen MR) is 39.7 cm³/mol. The van der Waals surface area contributed by atoms with Crippen LogP contribution in [0.1, 0.15) is 18.0 Å². The van der Waals surface area contributed by atoms with Gasteiger partial charge in [-0.25, -0.2) is 4.98 Å². The molecule has 56 valence electrons. The molecule has 11 heavy (non-hydrogen) atoms. The number of aromatic nitrogens is 2. The van der Waals surface area contributed by atoms with Crippen LogP contribution in [-0.4, -0.2) is 9.55 Å². The van der Waals surface area contributed by atoms with Crippen LogP contribution in [0.2, 0.25) is 0 Å². The summed E-state index contributed by atoms with van der Waals surface area (Å²) in [6.45, 7) is 0. The molecule has 0 N–H and O–H groups in total. The van der Waals surface area contributed by atoms with Gasteiger partial charge in [0.05, 0.1) is 24.0 Å². The van der Waals surface area contributed by atoms with Gasteiger partial charge in [-0.3, -0.25) is 0 Å². The lowest BCUT2D eigenvalue weighted by atomic mass is 10.3. The molecule has 1 heterocycles. The molecule has 2 atom stereocenters. The summed E-state index contributed by atoms with van der Waals surface area (Å²) in [6.07, 6.45) is 4.76. The van der Waals surface area contributed by atoms with Gasteiger partial charge in [-0.05, 0) is 6.42 Å². The summed E-state index contributed by atoms with van der Waals surface area (Å²) in [5.41, 5.74) is 1.07. The maximum atomic E-state index is 8.56. The van der Waals surface area contributed by atoms with Crippen LogP contribution in [0.3, 0.4) is 0 Å². The normalized spacial score (nSPS) is 28.0. The van der Waals surface area contributed by atoms with Crippen molar-refractivity contribution in [1.82, 2.24) is 9.55 Å². The number of rotatable bonds is 1. The average Bonchev–Trinajstić information content (AvgIpc) is 2.68. The highest BCUT2D eigenvalue weighted by Crippen LogP contribution is 2.45. The second-order valence-electron chi connectivity index (χ2n) is 3.04. The van der Waals surface area contributed by atoms with Gasteiger partial charge in [0.25, 0.3) is 0 Å². The van der Waals surface area contributed by atoms with Crippen LogP contribution >= 0.6 is 0 Å². The Morgan fingerprint density at radius 2 is 2.64 bits per heavy atom. The van der Waals surface area contributed by atoms with Crippen molar-refractivity contribution in [3.8, 4) is 6.07 Å². The molecular weight excluding hydrogens is 138 g/mol. The molecule has 0 bridgehead atoms. The third-order valence-electron chi connectivity index (χ3n) is 2.06. The van der Waals surface area contributed by atoms with Gasteiger partial charge >= 0.3 is 0 Å². The predicted octanol–water partition coefficient (Wildman–Crippen LogP) is 1.05. The zero-order valence-electron chi connectivity index (χ0n) is 6.36. The van der Waals surface area contributed by atoms with Crippen molar-refractivity contribution >= 4 is 0 Å². The monoisotopic (exact) mass is 147 g/mol. The minimum absolute atomic E-state index is 0.227. The van der Waals surface area contributed by atoms with Gasteiger partial charge in [0.15, 0.2) is 0 Å². The molecule has 0 radical (unpaired) electrons. The summed E-state index contributed by atoms with van der Waals surface area (Å²) in [7, 11) is 1.94. The molecule has 2 rings (SSSR count). The van der Waals surface area contributed by atoms with Crippen molar-refractivity contribution in [1.29, 1.82) is 5.26 Å². The molecule has 0 aliphatic heterocycles. The van der Waals surface area contributed by atoms with Crippen molar-refractivity contribution in [2.45, 2.75) is 12.3 Å². The van der Waals surface area contributed by atoms with E-state index in [9.17, 15) is 0 Å². The molecule has 0 aromatic carbocycles. The lowest BCUT2D eigenvalue weighted by molar-refractivity contribution is 0.910. The molecule has 2 unspecified atom stereocenters. The number of nitriles is 1. The smallest absolute Gasteiger partial charge is 0.0946 e. The van der Waals surface area contributed by atoms with E-state index in [1.54, 1.807) is 6.33 Å². The van der Waals surface area contributed by atoms with E-state index in [4.69, 9.17) is 5.26 Å². The fourth-order valence-electron chi connectivity index (χ4n) is 1.29. The summed E-state index contributed by atoms with van der Waals surface area (Å²) in [4.78, 5) is 4.19. The first-order valence-electron chi connectivity index (χ1n) is 3.68. The SMILES string of the molecule is Cn1cnc(C2CC2C#N)c1. The highest BCUT2D eigenvalue weighted by molar-refractivity contribution is 5.20. The minimum Gasteiger partial charge on any atom is -0.340 e. The van der Waals surface area contributed by atoms with E-state index >= 15 is 0 Å². The highest BCUT2D eigenvalue weighted by atomic mass is 15.0. The van der Waals surface area contributed by atoms with E-state index in [2.05, 4.69) is 11.1 Å². The first kappa shape index (κ1) is 6.41. The van der Waals surface area contributed by atoms with E-state index in [1.807, 2.05) is 17.8 Å². The summed E-state index contributed by atoms with van der Waals surface area (Å²) >= 11 is 0. The summed E-state index contributed by atoms with van der Waals surface area (Å²) in [5.74, 6) is 0.645. The summed E-state index contributed by atoms with van der Waals surface area (Å²) in [6, 6.07) is 2.25. The Labute approximate surface area is 65.3 Å². The van der Waals surface area contributed by atoms with Gasteiger partial charge in [0, 0.05) is 19.2 Å². The van der Waals surface area contributed by atoms with Gasteiger partial charge < -0.3 is 4.57 Å². The Morgan fingerprint density at radius 3 is 3.09 bits per heavy atom. The van der Waals surface area contributed by atoms with E-state index in [-0.39, 0.29) is 5.92 Å². The maximum Gasteiger partial charge on any atom is 0.0946 e. The molecule has 1 fully saturated rings. The third-order valence-corrected chi connectivity index (χ3v) is 2.06. The zero-order valence-corrected chi connectivity index (χ0v) is 6.36. The molecule has 3 heteroatoms. The molecule has 0 spiro atoms. The fourth-order valence-corrected chi connectivity index (χ4v) is 1.29. The number of hydrogen-bond acceptors (Lipinski definition) is 2. The van der Waals surface area contributed by atoms with Crippen LogP contribution in [-0.2, 0) is 7.05 Å². The van der Waals surface area contributed by atoms with Crippen LogP contribution in [0.5, 0.6) is 0 Å². The molecule has 1 aromatic rings. The minimum atomic E-state index is 0.227. The van der Waals surface area contributed by atoms with E-state index < -0.39 is 0 Å². The Bertz CT molecular complexity index is 307. The lowest BCUT2D eigenvalue weighted by Crippen LogP contribution is -1.81. The second-order valence-corrected chi connectivity index (χ2v) is 3.04. The molecule has 1 aromatic heterocycles. The van der Waals surface area contributed by atoms with E-state index in [0.29, 0.717) is 5.92 Å². The number of aryl methyl sites for hydroxylation is 1. The molecule has 0 amide bonds. The number of imidazole rings is 1. The number of hydrogen-bond donors (Lipinski definition) is 0. The third kappa shape index (κ3) is 1.01. The Kier molecular flexibility index (Phi) is 1.22. The first-order chi connectivity index (χ1) is 5.31. The molecule has 3 nitrogen and oxygen atoms in total. The van der Waals surface area contributed by atoms with Crippen molar-refractivity contribution in [2.24, 2.45) is 13.0 Å². The quantitative estimate of drug-likeness (QED) is 0.595. The van der Waals surface area contributed by atoms with Crippen molar-refractivity contribution in [2.75, 3.05) is 0 Å². The van der Waals surface area contributed by atoms with Crippen LogP contribution in [0.15, 0.2) is 12.5 Å². The largest absolute Gasteiger partial charge is 0.340 e. The fraction of sp³-hybridized carbons (Fsp3) is 0.500. The molecule has 1 saturated carbocycles. The van der Waals surface area contributed by atoms with Crippen LogP contribution in [0, 0.1) is 17.2 Å². The second kappa shape index (κ2) is 2.09. The topological polar surface area (TPSA) is 41.6 Å². The van der Waals surface area contributed by atoms with Gasteiger partial charge in [-0.15, -0.1) is 0 Å². The lowest BCUT2D eigenvalue weighted by Gasteiger charge is -1.85. The van der Waals surface area contributed by atoms with Crippen molar-refractivity contribution in [3.63, 3.8) is 0 Å².